The summed E-state index contributed by atoms with van der Waals surface area (Å²) in [5.41, 5.74) is 11.7. The zero-order valence-electron chi connectivity index (χ0n) is 12.6. The Bertz CT molecular complexity index is 838. The Morgan fingerprint density at radius 3 is 2.55 bits per heavy atom. The maximum atomic E-state index is 9.10. The summed E-state index contributed by atoms with van der Waals surface area (Å²) in [6.45, 7) is 2.15. The van der Waals surface area contributed by atoms with Crippen LogP contribution in [0.25, 0.3) is 5.65 Å². The van der Waals surface area contributed by atoms with E-state index in [2.05, 4.69) is 42.2 Å². The number of aromatic nitrogens is 2. The maximum Gasteiger partial charge on any atom is 0.137 e. The van der Waals surface area contributed by atoms with E-state index in [-0.39, 0.29) is 0 Å². The third-order valence-electron chi connectivity index (χ3n) is 3.87. The first-order valence-electron chi connectivity index (χ1n) is 7.41. The van der Waals surface area contributed by atoms with Gasteiger partial charge in [0.15, 0.2) is 0 Å². The van der Waals surface area contributed by atoms with E-state index in [1.54, 1.807) is 0 Å². The number of hydrogen-bond donors (Lipinski definition) is 1. The molecule has 4 heteroatoms. The number of anilines is 1. The van der Waals surface area contributed by atoms with E-state index in [4.69, 9.17) is 11.0 Å². The molecule has 0 amide bonds. The summed E-state index contributed by atoms with van der Waals surface area (Å²) < 4.78 is 1.92. The third kappa shape index (κ3) is 2.66. The molecule has 4 nitrogen and oxygen atoms in total. The Hall–Kier alpha value is -2.80. The molecule has 0 aliphatic heterocycles. The quantitative estimate of drug-likeness (QED) is 0.802. The van der Waals surface area contributed by atoms with E-state index in [1.807, 2.05) is 22.7 Å². The first-order chi connectivity index (χ1) is 10.7. The topological polar surface area (TPSA) is 67.1 Å². The van der Waals surface area contributed by atoms with Crippen LogP contribution >= 0.6 is 0 Å². The van der Waals surface area contributed by atoms with Gasteiger partial charge in [-0.3, -0.25) is 0 Å². The highest BCUT2D eigenvalue weighted by Crippen LogP contribution is 2.19. The average molecular weight is 290 g/mol. The molecule has 0 spiro atoms. The SMILES string of the molecule is CCc1ccc(Cc2nc3ccc(N)cn3c2CC#N)cc1. The van der Waals surface area contributed by atoms with Crippen molar-refractivity contribution in [3.05, 3.63) is 65.1 Å². The van der Waals surface area contributed by atoms with E-state index in [0.717, 1.165) is 29.9 Å². The molecular weight excluding hydrogens is 272 g/mol. The second-order valence-electron chi connectivity index (χ2n) is 5.38. The van der Waals surface area contributed by atoms with E-state index >= 15 is 0 Å². The van der Waals surface area contributed by atoms with Crippen molar-refractivity contribution in [2.75, 3.05) is 5.73 Å². The minimum Gasteiger partial charge on any atom is -0.398 e. The predicted molar refractivity (Wildman–Crippen MR) is 87.5 cm³/mol. The predicted octanol–water partition coefficient (Wildman–Crippen LogP) is 3.14. The lowest BCUT2D eigenvalue weighted by atomic mass is 10.0. The molecule has 2 aromatic heterocycles. The summed E-state index contributed by atoms with van der Waals surface area (Å²) in [7, 11) is 0. The highest BCUT2D eigenvalue weighted by atomic mass is 15.0. The fourth-order valence-electron chi connectivity index (χ4n) is 2.65. The molecular formula is C18H18N4. The van der Waals surface area contributed by atoms with Crippen LogP contribution in [-0.4, -0.2) is 9.38 Å². The number of fused-ring (bicyclic) bond motifs is 1. The van der Waals surface area contributed by atoms with Crippen molar-refractivity contribution in [1.82, 2.24) is 9.38 Å². The monoisotopic (exact) mass is 290 g/mol. The van der Waals surface area contributed by atoms with Crippen molar-refractivity contribution in [2.45, 2.75) is 26.2 Å². The van der Waals surface area contributed by atoms with Crippen LogP contribution < -0.4 is 5.73 Å². The molecule has 0 aliphatic carbocycles. The van der Waals surface area contributed by atoms with Gasteiger partial charge in [0.05, 0.1) is 23.9 Å². The van der Waals surface area contributed by atoms with Gasteiger partial charge in [-0.2, -0.15) is 5.26 Å². The summed E-state index contributed by atoms with van der Waals surface area (Å²) in [5, 5.41) is 9.10. The van der Waals surface area contributed by atoms with Crippen LogP contribution in [0.3, 0.4) is 0 Å². The molecule has 110 valence electrons. The minimum atomic E-state index is 0.326. The van der Waals surface area contributed by atoms with Crippen LogP contribution in [0.15, 0.2) is 42.6 Å². The average Bonchev–Trinajstić information content (AvgIpc) is 2.86. The van der Waals surface area contributed by atoms with Gasteiger partial charge in [0.25, 0.3) is 0 Å². The number of pyridine rings is 1. The number of nitrogens with zero attached hydrogens (tertiary/aromatic N) is 3. The van der Waals surface area contributed by atoms with Gasteiger partial charge in [-0.15, -0.1) is 0 Å². The van der Waals surface area contributed by atoms with Crippen LogP contribution in [0.5, 0.6) is 0 Å². The number of nitrogen functional groups attached to an aromatic ring is 1. The lowest BCUT2D eigenvalue weighted by molar-refractivity contribution is 1.00. The van der Waals surface area contributed by atoms with Crippen molar-refractivity contribution in [3.8, 4) is 6.07 Å². The summed E-state index contributed by atoms with van der Waals surface area (Å²) >= 11 is 0. The molecule has 2 heterocycles. The van der Waals surface area contributed by atoms with E-state index in [9.17, 15) is 0 Å². The normalized spacial score (nSPS) is 10.7. The summed E-state index contributed by atoms with van der Waals surface area (Å²) in [6, 6.07) is 14.5. The third-order valence-corrected chi connectivity index (χ3v) is 3.87. The lowest BCUT2D eigenvalue weighted by Gasteiger charge is -2.03. The van der Waals surface area contributed by atoms with Gasteiger partial charge in [0, 0.05) is 18.3 Å². The lowest BCUT2D eigenvalue weighted by Crippen LogP contribution is -1.98. The van der Waals surface area contributed by atoms with E-state index in [1.165, 1.54) is 11.1 Å². The number of benzene rings is 1. The largest absolute Gasteiger partial charge is 0.398 e. The Morgan fingerprint density at radius 1 is 1.14 bits per heavy atom. The first-order valence-corrected chi connectivity index (χ1v) is 7.41. The van der Waals surface area contributed by atoms with Crippen LogP contribution in [-0.2, 0) is 19.3 Å². The van der Waals surface area contributed by atoms with Gasteiger partial charge in [-0.1, -0.05) is 31.2 Å². The van der Waals surface area contributed by atoms with Crippen molar-refractivity contribution in [1.29, 1.82) is 5.26 Å². The van der Waals surface area contributed by atoms with Crippen LogP contribution in [0.4, 0.5) is 5.69 Å². The van der Waals surface area contributed by atoms with Gasteiger partial charge >= 0.3 is 0 Å². The summed E-state index contributed by atoms with van der Waals surface area (Å²) in [6.07, 6.45) is 3.92. The molecule has 0 saturated carbocycles. The molecule has 0 fully saturated rings. The molecule has 3 rings (SSSR count). The number of imidazole rings is 1. The highest BCUT2D eigenvalue weighted by Gasteiger charge is 2.12. The molecule has 22 heavy (non-hydrogen) atoms. The zero-order chi connectivity index (χ0) is 15.5. The summed E-state index contributed by atoms with van der Waals surface area (Å²) in [5.74, 6) is 0. The molecule has 1 aromatic carbocycles. The van der Waals surface area contributed by atoms with Crippen LogP contribution in [0.2, 0.25) is 0 Å². The smallest absolute Gasteiger partial charge is 0.137 e. The molecule has 0 aliphatic rings. The van der Waals surface area contributed by atoms with Gasteiger partial charge < -0.3 is 10.1 Å². The molecule has 0 bridgehead atoms. The fourth-order valence-corrected chi connectivity index (χ4v) is 2.65. The van der Waals surface area contributed by atoms with Gasteiger partial charge in [-0.25, -0.2) is 4.98 Å². The number of aryl methyl sites for hydroxylation is 1. The van der Waals surface area contributed by atoms with E-state index < -0.39 is 0 Å². The number of rotatable bonds is 4. The van der Waals surface area contributed by atoms with Gasteiger partial charge in [0.2, 0.25) is 0 Å². The summed E-state index contributed by atoms with van der Waals surface area (Å²) in [4.78, 5) is 4.67. The molecule has 2 N–H and O–H groups in total. The molecule has 0 atom stereocenters. The molecule has 0 saturated heterocycles. The Kier molecular flexibility index (Phi) is 3.80. The van der Waals surface area contributed by atoms with Gasteiger partial charge in [-0.05, 0) is 29.7 Å². The fraction of sp³-hybridized carbons (Fsp3) is 0.222. The Morgan fingerprint density at radius 2 is 1.86 bits per heavy atom. The van der Waals surface area contributed by atoms with Crippen molar-refractivity contribution in [2.24, 2.45) is 0 Å². The van der Waals surface area contributed by atoms with Crippen molar-refractivity contribution < 1.29 is 0 Å². The maximum absolute atomic E-state index is 9.10. The minimum absolute atomic E-state index is 0.326. The standard InChI is InChI=1S/C18H18N4/c1-2-13-3-5-14(6-4-13)11-16-17(9-10-19)22-12-15(20)7-8-18(22)21-16/h3-8,12H,2,9,11,20H2,1H3. The number of nitriles is 1. The van der Waals surface area contributed by atoms with Gasteiger partial charge in [0.1, 0.15) is 5.65 Å². The van der Waals surface area contributed by atoms with Crippen LogP contribution in [0.1, 0.15) is 29.4 Å². The highest BCUT2D eigenvalue weighted by molar-refractivity contribution is 5.51. The number of nitrogens with two attached hydrogens (primary N) is 1. The van der Waals surface area contributed by atoms with Crippen LogP contribution in [0, 0.1) is 11.3 Å². The molecule has 0 unspecified atom stereocenters. The zero-order valence-corrected chi connectivity index (χ0v) is 12.6. The second kappa shape index (κ2) is 5.90. The van der Waals surface area contributed by atoms with E-state index in [0.29, 0.717) is 12.1 Å². The molecule has 0 radical (unpaired) electrons. The molecule has 3 aromatic rings. The second-order valence-corrected chi connectivity index (χ2v) is 5.38. The number of hydrogen-bond acceptors (Lipinski definition) is 3. The van der Waals surface area contributed by atoms with Crippen molar-refractivity contribution in [3.63, 3.8) is 0 Å². The first kappa shape index (κ1) is 14.2. The Balaban J connectivity index is 2.01. The van der Waals surface area contributed by atoms with Crippen molar-refractivity contribution >= 4 is 11.3 Å². The Labute approximate surface area is 129 Å².